The number of thioether (sulfide) groups is 1. The summed E-state index contributed by atoms with van der Waals surface area (Å²) in [6.07, 6.45) is 0. The molecule has 0 atom stereocenters. The molecule has 3 N–H and O–H groups in total. The topological polar surface area (TPSA) is 75.9 Å². The number of rotatable bonds is 3. The first-order valence-electron chi connectivity index (χ1n) is 4.07. The first-order chi connectivity index (χ1) is 6.75. The summed E-state index contributed by atoms with van der Waals surface area (Å²) in [4.78, 5) is 4.23. The van der Waals surface area contributed by atoms with Gasteiger partial charge in [-0.15, -0.1) is 0 Å². The molecule has 0 unspecified atom stereocenters. The number of benzene rings is 1. The van der Waals surface area contributed by atoms with Crippen molar-refractivity contribution in [3.8, 4) is 0 Å². The summed E-state index contributed by atoms with van der Waals surface area (Å²) in [7, 11) is 0. The van der Waals surface area contributed by atoms with Crippen molar-refractivity contribution >= 4 is 28.7 Å². The van der Waals surface area contributed by atoms with Crippen molar-refractivity contribution in [2.24, 2.45) is 5.73 Å². The molecule has 0 fully saturated rings. The first kappa shape index (κ1) is 9.08. The Labute approximate surface area is 85.0 Å². The Bertz CT molecular complexity index is 433. The van der Waals surface area contributed by atoms with Gasteiger partial charge in [-0.3, -0.25) is 5.41 Å². The van der Waals surface area contributed by atoms with Crippen molar-refractivity contribution in [2.45, 2.75) is 5.22 Å². The molecular formula is C9H9N3OS. The average Bonchev–Trinajstić information content (AvgIpc) is 2.57. The van der Waals surface area contributed by atoms with Gasteiger partial charge in [0.2, 0.25) is 0 Å². The number of nitrogens with one attached hydrogen (secondary N) is 1. The zero-order valence-corrected chi connectivity index (χ0v) is 8.17. The van der Waals surface area contributed by atoms with Gasteiger partial charge >= 0.3 is 0 Å². The lowest BCUT2D eigenvalue weighted by Gasteiger charge is -1.91. The molecule has 5 heteroatoms. The molecule has 0 saturated carbocycles. The van der Waals surface area contributed by atoms with Crippen LogP contribution in [0.2, 0.25) is 0 Å². The van der Waals surface area contributed by atoms with Crippen LogP contribution in [-0.4, -0.2) is 16.6 Å². The van der Waals surface area contributed by atoms with Crippen LogP contribution in [-0.2, 0) is 0 Å². The second-order valence-corrected chi connectivity index (χ2v) is 3.69. The molecular weight excluding hydrogens is 198 g/mol. The number of amidine groups is 1. The minimum atomic E-state index is 0.122. The third-order valence-electron chi connectivity index (χ3n) is 1.63. The van der Waals surface area contributed by atoms with Crippen molar-refractivity contribution in [3.05, 3.63) is 24.3 Å². The third kappa shape index (κ3) is 1.88. The zero-order valence-electron chi connectivity index (χ0n) is 7.36. The molecule has 0 saturated heterocycles. The van der Waals surface area contributed by atoms with Crippen molar-refractivity contribution < 1.29 is 4.42 Å². The van der Waals surface area contributed by atoms with Gasteiger partial charge in [-0.25, -0.2) is 4.98 Å². The molecule has 0 aliphatic carbocycles. The third-order valence-corrected chi connectivity index (χ3v) is 2.50. The lowest BCUT2D eigenvalue weighted by Crippen LogP contribution is -2.11. The van der Waals surface area contributed by atoms with Crippen molar-refractivity contribution in [3.63, 3.8) is 0 Å². The van der Waals surface area contributed by atoms with Crippen LogP contribution in [0.5, 0.6) is 0 Å². The van der Waals surface area contributed by atoms with Gasteiger partial charge in [0, 0.05) is 0 Å². The summed E-state index contributed by atoms with van der Waals surface area (Å²) < 4.78 is 5.42. The fraction of sp³-hybridized carbons (Fsp3) is 0.111. The molecule has 0 spiro atoms. The molecule has 0 amide bonds. The van der Waals surface area contributed by atoms with Crippen molar-refractivity contribution in [1.82, 2.24) is 4.98 Å². The van der Waals surface area contributed by atoms with Crippen LogP contribution in [0.1, 0.15) is 0 Å². The maximum atomic E-state index is 7.07. The van der Waals surface area contributed by atoms with E-state index in [1.165, 1.54) is 11.8 Å². The highest BCUT2D eigenvalue weighted by molar-refractivity contribution is 7.99. The number of aromatic nitrogens is 1. The van der Waals surface area contributed by atoms with Gasteiger partial charge in [0.1, 0.15) is 11.4 Å². The first-order valence-corrected chi connectivity index (χ1v) is 5.05. The highest BCUT2D eigenvalue weighted by Crippen LogP contribution is 2.22. The van der Waals surface area contributed by atoms with Crippen LogP contribution in [0.15, 0.2) is 33.9 Å². The summed E-state index contributed by atoms with van der Waals surface area (Å²) in [6, 6.07) is 7.55. The highest BCUT2D eigenvalue weighted by atomic mass is 32.2. The van der Waals surface area contributed by atoms with Crippen LogP contribution in [0.3, 0.4) is 0 Å². The van der Waals surface area contributed by atoms with Gasteiger partial charge in [0.05, 0.1) is 5.75 Å². The fourth-order valence-electron chi connectivity index (χ4n) is 1.05. The van der Waals surface area contributed by atoms with E-state index in [9.17, 15) is 0 Å². The second kappa shape index (κ2) is 3.71. The lowest BCUT2D eigenvalue weighted by atomic mass is 10.3. The fourth-order valence-corrected chi connectivity index (χ4v) is 1.64. The molecule has 0 aliphatic heterocycles. The highest BCUT2D eigenvalue weighted by Gasteiger charge is 2.05. The number of hydrogen-bond donors (Lipinski definition) is 2. The molecule has 2 rings (SSSR count). The number of nitrogens with zero attached hydrogens (tertiary/aromatic N) is 1. The van der Waals surface area contributed by atoms with Crippen molar-refractivity contribution in [2.75, 3.05) is 5.75 Å². The van der Waals surface area contributed by atoms with E-state index in [0.717, 1.165) is 11.1 Å². The Kier molecular flexibility index (Phi) is 2.41. The minimum absolute atomic E-state index is 0.122. The standard InChI is InChI=1S/C9H9N3OS/c10-8(11)5-14-9-12-6-3-1-2-4-7(6)13-9/h1-4H,5H2,(H3,10,11). The molecule has 0 bridgehead atoms. The predicted molar refractivity (Wildman–Crippen MR) is 56.6 cm³/mol. The summed E-state index contributed by atoms with van der Waals surface area (Å²) in [5, 5.41) is 7.62. The Morgan fingerprint density at radius 2 is 2.29 bits per heavy atom. The monoisotopic (exact) mass is 207 g/mol. The summed E-state index contributed by atoms with van der Waals surface area (Å²) in [6.45, 7) is 0. The molecule has 1 aromatic carbocycles. The number of hydrogen-bond acceptors (Lipinski definition) is 4. The Hall–Kier alpha value is -1.49. The van der Waals surface area contributed by atoms with Crippen LogP contribution in [0.25, 0.3) is 11.1 Å². The van der Waals surface area contributed by atoms with E-state index < -0.39 is 0 Å². The molecule has 4 nitrogen and oxygen atoms in total. The van der Waals surface area contributed by atoms with E-state index >= 15 is 0 Å². The Morgan fingerprint density at radius 1 is 1.50 bits per heavy atom. The van der Waals surface area contributed by atoms with Gasteiger partial charge in [-0.1, -0.05) is 23.9 Å². The number of para-hydroxylation sites is 2. The SMILES string of the molecule is N=C(N)CSc1nc2ccccc2o1. The van der Waals surface area contributed by atoms with Crippen LogP contribution < -0.4 is 5.73 Å². The summed E-state index contributed by atoms with van der Waals surface area (Å²) in [5.74, 6) is 0.532. The molecule has 2 aromatic rings. The summed E-state index contributed by atoms with van der Waals surface area (Å²) in [5.41, 5.74) is 6.82. The minimum Gasteiger partial charge on any atom is -0.431 e. The number of nitrogens with two attached hydrogens (primary N) is 1. The molecule has 0 radical (unpaired) electrons. The molecule has 0 aliphatic rings. The molecule has 72 valence electrons. The van der Waals surface area contributed by atoms with Gasteiger partial charge in [0.15, 0.2) is 5.58 Å². The van der Waals surface area contributed by atoms with Crippen molar-refractivity contribution in [1.29, 1.82) is 5.41 Å². The normalized spacial score (nSPS) is 10.6. The van der Waals surface area contributed by atoms with Crippen LogP contribution in [0.4, 0.5) is 0 Å². The summed E-state index contributed by atoms with van der Waals surface area (Å²) >= 11 is 1.33. The van der Waals surface area contributed by atoms with E-state index in [2.05, 4.69) is 4.98 Å². The largest absolute Gasteiger partial charge is 0.431 e. The van der Waals surface area contributed by atoms with Crippen LogP contribution >= 0.6 is 11.8 Å². The lowest BCUT2D eigenvalue weighted by molar-refractivity contribution is 0.490. The van der Waals surface area contributed by atoms with Gasteiger partial charge in [-0.05, 0) is 12.1 Å². The zero-order chi connectivity index (χ0) is 9.97. The Balaban J connectivity index is 2.22. The van der Waals surface area contributed by atoms with Crippen LogP contribution in [0, 0.1) is 5.41 Å². The predicted octanol–water partition coefficient (Wildman–Crippen LogP) is 1.86. The average molecular weight is 207 g/mol. The maximum Gasteiger partial charge on any atom is 0.257 e. The molecule has 14 heavy (non-hydrogen) atoms. The smallest absolute Gasteiger partial charge is 0.257 e. The van der Waals surface area contributed by atoms with Gasteiger partial charge in [0.25, 0.3) is 5.22 Å². The van der Waals surface area contributed by atoms with Gasteiger partial charge < -0.3 is 10.2 Å². The van der Waals surface area contributed by atoms with E-state index in [-0.39, 0.29) is 5.84 Å². The quantitative estimate of drug-likeness (QED) is 0.457. The Morgan fingerprint density at radius 3 is 3.00 bits per heavy atom. The van der Waals surface area contributed by atoms with E-state index in [1.807, 2.05) is 24.3 Å². The van der Waals surface area contributed by atoms with E-state index in [4.69, 9.17) is 15.6 Å². The number of fused-ring (bicyclic) bond motifs is 1. The molecule has 1 heterocycles. The van der Waals surface area contributed by atoms with E-state index in [1.54, 1.807) is 0 Å². The van der Waals surface area contributed by atoms with Gasteiger partial charge in [-0.2, -0.15) is 0 Å². The van der Waals surface area contributed by atoms with E-state index in [0.29, 0.717) is 11.0 Å². The second-order valence-electron chi connectivity index (χ2n) is 2.76. The number of oxazole rings is 1. The molecule has 1 aromatic heterocycles. The maximum absolute atomic E-state index is 7.07.